The lowest BCUT2D eigenvalue weighted by Gasteiger charge is -2.34. The average Bonchev–Trinajstić information content (AvgIpc) is 2.28. The molecule has 0 aromatic carbocycles. The van der Waals surface area contributed by atoms with Crippen LogP contribution in [0.5, 0.6) is 0 Å². The first-order valence-electron chi connectivity index (χ1n) is 7.78. The summed E-state index contributed by atoms with van der Waals surface area (Å²) in [5.41, 5.74) is 0. The molecule has 0 radical (unpaired) electrons. The quantitative estimate of drug-likeness (QED) is 0.713. The van der Waals surface area contributed by atoms with Crippen LogP contribution in [0.2, 0.25) is 0 Å². The van der Waals surface area contributed by atoms with Crippen LogP contribution in [0.25, 0.3) is 0 Å². The highest BCUT2D eigenvalue weighted by molar-refractivity contribution is 4.81. The Labute approximate surface area is 109 Å². The van der Waals surface area contributed by atoms with Gasteiger partial charge in [-0.3, -0.25) is 0 Å². The summed E-state index contributed by atoms with van der Waals surface area (Å²) < 4.78 is 0. The van der Waals surface area contributed by atoms with Crippen LogP contribution in [0, 0.1) is 17.8 Å². The van der Waals surface area contributed by atoms with Crippen molar-refractivity contribution >= 4 is 0 Å². The average molecular weight is 239 g/mol. The standard InChI is InChI=1S/C16H33N/c1-6-13(4)10-14(5)17-16-9-7-8-15(11-16)12(2)3/h12-17H,6-11H2,1-5H3. The summed E-state index contributed by atoms with van der Waals surface area (Å²) in [6.07, 6.45) is 8.33. The molecule has 0 aromatic heterocycles. The summed E-state index contributed by atoms with van der Waals surface area (Å²) in [6, 6.07) is 1.48. The van der Waals surface area contributed by atoms with Gasteiger partial charge in [0.05, 0.1) is 0 Å². The molecule has 0 aromatic rings. The van der Waals surface area contributed by atoms with Crippen molar-refractivity contribution in [2.75, 3.05) is 0 Å². The second-order valence-corrected chi connectivity index (χ2v) is 6.68. The van der Waals surface area contributed by atoms with Gasteiger partial charge in [-0.25, -0.2) is 0 Å². The van der Waals surface area contributed by atoms with Gasteiger partial charge in [0.1, 0.15) is 0 Å². The molecule has 0 bridgehead atoms. The van der Waals surface area contributed by atoms with E-state index in [0.717, 1.165) is 23.8 Å². The van der Waals surface area contributed by atoms with Crippen LogP contribution in [0.1, 0.15) is 73.1 Å². The van der Waals surface area contributed by atoms with Gasteiger partial charge in [-0.1, -0.05) is 47.0 Å². The fourth-order valence-electron chi connectivity index (χ4n) is 3.23. The van der Waals surface area contributed by atoms with Gasteiger partial charge >= 0.3 is 0 Å². The lowest BCUT2D eigenvalue weighted by molar-refractivity contribution is 0.216. The maximum atomic E-state index is 3.87. The van der Waals surface area contributed by atoms with E-state index in [1.165, 1.54) is 38.5 Å². The van der Waals surface area contributed by atoms with Crippen LogP contribution >= 0.6 is 0 Å². The van der Waals surface area contributed by atoms with Gasteiger partial charge in [0.15, 0.2) is 0 Å². The molecule has 1 saturated carbocycles. The molecule has 1 rings (SSSR count). The molecule has 0 spiro atoms. The van der Waals surface area contributed by atoms with Gasteiger partial charge in [-0.05, 0) is 43.9 Å². The van der Waals surface area contributed by atoms with Crippen LogP contribution in [-0.2, 0) is 0 Å². The largest absolute Gasteiger partial charge is 0.311 e. The lowest BCUT2D eigenvalue weighted by Crippen LogP contribution is -2.41. The van der Waals surface area contributed by atoms with E-state index in [4.69, 9.17) is 0 Å². The van der Waals surface area contributed by atoms with E-state index in [1.807, 2.05) is 0 Å². The monoisotopic (exact) mass is 239 g/mol. The van der Waals surface area contributed by atoms with E-state index in [9.17, 15) is 0 Å². The summed E-state index contributed by atoms with van der Waals surface area (Å²) in [6.45, 7) is 11.8. The molecule has 0 aliphatic heterocycles. The van der Waals surface area contributed by atoms with Gasteiger partial charge < -0.3 is 5.32 Å². The van der Waals surface area contributed by atoms with Gasteiger partial charge in [0.25, 0.3) is 0 Å². The highest BCUT2D eigenvalue weighted by Crippen LogP contribution is 2.30. The van der Waals surface area contributed by atoms with E-state index in [2.05, 4.69) is 39.9 Å². The smallest absolute Gasteiger partial charge is 0.00722 e. The van der Waals surface area contributed by atoms with E-state index in [0.29, 0.717) is 6.04 Å². The Morgan fingerprint density at radius 2 is 1.82 bits per heavy atom. The molecule has 1 aliphatic carbocycles. The van der Waals surface area contributed by atoms with Crippen LogP contribution < -0.4 is 5.32 Å². The first-order chi connectivity index (χ1) is 8.02. The molecular formula is C16H33N. The van der Waals surface area contributed by atoms with Crippen LogP contribution in [-0.4, -0.2) is 12.1 Å². The number of nitrogens with one attached hydrogen (secondary N) is 1. The molecule has 17 heavy (non-hydrogen) atoms. The van der Waals surface area contributed by atoms with Gasteiger partial charge in [-0.15, -0.1) is 0 Å². The van der Waals surface area contributed by atoms with Crippen LogP contribution in [0.3, 0.4) is 0 Å². The van der Waals surface area contributed by atoms with Gasteiger partial charge in [-0.2, -0.15) is 0 Å². The molecule has 102 valence electrons. The fraction of sp³-hybridized carbons (Fsp3) is 1.00. The predicted octanol–water partition coefficient (Wildman–Crippen LogP) is 4.62. The Balaban J connectivity index is 2.30. The van der Waals surface area contributed by atoms with Crippen LogP contribution in [0.4, 0.5) is 0 Å². The normalized spacial score (nSPS) is 29.3. The molecule has 0 heterocycles. The SMILES string of the molecule is CCC(C)CC(C)NC1CCCC(C(C)C)C1. The fourth-order valence-corrected chi connectivity index (χ4v) is 3.23. The topological polar surface area (TPSA) is 12.0 Å². The van der Waals surface area contributed by atoms with Crippen molar-refractivity contribution in [2.24, 2.45) is 17.8 Å². The molecule has 0 saturated heterocycles. The van der Waals surface area contributed by atoms with Gasteiger partial charge in [0, 0.05) is 12.1 Å². The van der Waals surface area contributed by atoms with E-state index < -0.39 is 0 Å². The zero-order valence-electron chi connectivity index (χ0n) is 12.6. The minimum atomic E-state index is 0.695. The third-order valence-electron chi connectivity index (χ3n) is 4.63. The van der Waals surface area contributed by atoms with Crippen molar-refractivity contribution in [3.05, 3.63) is 0 Å². The third-order valence-corrected chi connectivity index (χ3v) is 4.63. The highest BCUT2D eigenvalue weighted by atomic mass is 14.9. The summed E-state index contributed by atoms with van der Waals surface area (Å²) in [5, 5.41) is 3.87. The van der Waals surface area contributed by atoms with E-state index in [-0.39, 0.29) is 0 Å². The van der Waals surface area contributed by atoms with E-state index >= 15 is 0 Å². The molecule has 1 fully saturated rings. The lowest BCUT2D eigenvalue weighted by atomic mass is 9.79. The van der Waals surface area contributed by atoms with Crippen molar-refractivity contribution in [1.29, 1.82) is 0 Å². The minimum Gasteiger partial charge on any atom is -0.311 e. The molecule has 1 nitrogen and oxygen atoms in total. The highest BCUT2D eigenvalue weighted by Gasteiger charge is 2.24. The number of hydrogen-bond acceptors (Lipinski definition) is 1. The molecule has 0 amide bonds. The maximum absolute atomic E-state index is 3.87. The third kappa shape index (κ3) is 5.42. The van der Waals surface area contributed by atoms with Crippen molar-refractivity contribution < 1.29 is 0 Å². The maximum Gasteiger partial charge on any atom is 0.00722 e. The minimum absolute atomic E-state index is 0.695. The zero-order chi connectivity index (χ0) is 12.8. The Bertz CT molecular complexity index is 200. The molecule has 1 N–H and O–H groups in total. The Kier molecular flexibility index (Phi) is 6.54. The summed E-state index contributed by atoms with van der Waals surface area (Å²) in [4.78, 5) is 0. The second kappa shape index (κ2) is 7.41. The van der Waals surface area contributed by atoms with Crippen molar-refractivity contribution in [2.45, 2.75) is 85.2 Å². The van der Waals surface area contributed by atoms with E-state index in [1.54, 1.807) is 0 Å². The summed E-state index contributed by atoms with van der Waals surface area (Å²) in [7, 11) is 0. The molecule has 1 aliphatic rings. The summed E-state index contributed by atoms with van der Waals surface area (Å²) in [5.74, 6) is 2.68. The Hall–Kier alpha value is -0.0400. The zero-order valence-corrected chi connectivity index (χ0v) is 12.6. The van der Waals surface area contributed by atoms with Gasteiger partial charge in [0.2, 0.25) is 0 Å². The van der Waals surface area contributed by atoms with Crippen LogP contribution in [0.15, 0.2) is 0 Å². The molecule has 4 unspecified atom stereocenters. The van der Waals surface area contributed by atoms with Crippen molar-refractivity contribution in [3.63, 3.8) is 0 Å². The molecule has 1 heteroatoms. The van der Waals surface area contributed by atoms with Crippen molar-refractivity contribution in [1.82, 2.24) is 5.32 Å². The number of rotatable bonds is 6. The first kappa shape index (κ1) is 15.0. The number of hydrogen-bond donors (Lipinski definition) is 1. The Morgan fingerprint density at radius 3 is 2.41 bits per heavy atom. The molecular weight excluding hydrogens is 206 g/mol. The first-order valence-corrected chi connectivity index (χ1v) is 7.78. The molecule has 4 atom stereocenters. The predicted molar refractivity (Wildman–Crippen MR) is 77.3 cm³/mol. The van der Waals surface area contributed by atoms with Crippen molar-refractivity contribution in [3.8, 4) is 0 Å². The second-order valence-electron chi connectivity index (χ2n) is 6.68. The summed E-state index contributed by atoms with van der Waals surface area (Å²) >= 11 is 0. The Morgan fingerprint density at radius 1 is 1.12 bits per heavy atom.